The maximum atomic E-state index is 13.0. The first kappa shape index (κ1) is 12.1. The summed E-state index contributed by atoms with van der Waals surface area (Å²) >= 11 is 0. The van der Waals surface area contributed by atoms with Crippen LogP contribution in [0, 0.1) is 0 Å². The maximum absolute atomic E-state index is 13.0. The Balaban J connectivity index is 2.47. The van der Waals surface area contributed by atoms with E-state index in [-0.39, 0.29) is 18.9 Å². The van der Waals surface area contributed by atoms with E-state index in [1.165, 1.54) is 6.92 Å². The van der Waals surface area contributed by atoms with Crippen LogP contribution in [0.5, 0.6) is 0 Å². The lowest BCUT2D eigenvalue weighted by molar-refractivity contribution is -0.0147. The Hall–Kier alpha value is -0.960. The Morgan fingerprint density at radius 3 is 2.40 bits per heavy atom. The zero-order chi connectivity index (χ0) is 11.3. The van der Waals surface area contributed by atoms with E-state index < -0.39 is 5.92 Å². The lowest BCUT2D eigenvalue weighted by Gasteiger charge is -2.17. The molecule has 0 radical (unpaired) electrons. The molecule has 0 unspecified atom stereocenters. The molecule has 1 atom stereocenters. The van der Waals surface area contributed by atoms with Crippen molar-refractivity contribution >= 4 is 0 Å². The van der Waals surface area contributed by atoms with Crippen molar-refractivity contribution in [2.75, 3.05) is 0 Å². The Morgan fingerprint density at radius 2 is 1.87 bits per heavy atom. The van der Waals surface area contributed by atoms with Gasteiger partial charge in [-0.3, -0.25) is 0 Å². The van der Waals surface area contributed by atoms with E-state index in [4.69, 9.17) is 5.73 Å². The standard InChI is InChI=1S/C12H17F2N/c1-2-12(13,14)9-8-11(15)10-6-4-3-5-7-10/h3-7,11H,2,8-9,15H2,1H3/t11-/m1/s1. The molecular formula is C12H17F2N. The van der Waals surface area contributed by atoms with Crippen LogP contribution < -0.4 is 5.73 Å². The van der Waals surface area contributed by atoms with E-state index in [1.807, 2.05) is 30.3 Å². The molecule has 0 bridgehead atoms. The van der Waals surface area contributed by atoms with Crippen LogP contribution in [-0.4, -0.2) is 5.92 Å². The topological polar surface area (TPSA) is 26.0 Å². The summed E-state index contributed by atoms with van der Waals surface area (Å²) in [6.45, 7) is 1.49. The van der Waals surface area contributed by atoms with Crippen LogP contribution in [0.25, 0.3) is 0 Å². The van der Waals surface area contributed by atoms with Crippen LogP contribution in [0.2, 0.25) is 0 Å². The van der Waals surface area contributed by atoms with Gasteiger partial charge in [-0.1, -0.05) is 37.3 Å². The fourth-order valence-corrected chi connectivity index (χ4v) is 1.41. The third-order valence-electron chi connectivity index (χ3n) is 2.57. The quantitative estimate of drug-likeness (QED) is 0.795. The van der Waals surface area contributed by atoms with Crippen LogP contribution in [0.4, 0.5) is 8.78 Å². The van der Waals surface area contributed by atoms with E-state index in [2.05, 4.69) is 0 Å². The predicted molar refractivity (Wildman–Crippen MR) is 57.8 cm³/mol. The number of rotatable bonds is 5. The SMILES string of the molecule is CCC(F)(F)CC[C@@H](N)c1ccccc1. The van der Waals surface area contributed by atoms with Gasteiger partial charge in [-0.05, 0) is 12.0 Å². The van der Waals surface area contributed by atoms with Gasteiger partial charge in [-0.15, -0.1) is 0 Å². The number of benzene rings is 1. The van der Waals surface area contributed by atoms with Gasteiger partial charge in [-0.2, -0.15) is 0 Å². The van der Waals surface area contributed by atoms with Gasteiger partial charge >= 0.3 is 0 Å². The van der Waals surface area contributed by atoms with Gasteiger partial charge in [0.2, 0.25) is 5.92 Å². The molecule has 0 spiro atoms. The summed E-state index contributed by atoms with van der Waals surface area (Å²) in [5.41, 5.74) is 6.74. The summed E-state index contributed by atoms with van der Waals surface area (Å²) in [6, 6.07) is 9.07. The molecule has 0 aliphatic carbocycles. The minimum Gasteiger partial charge on any atom is -0.324 e. The van der Waals surface area contributed by atoms with Crippen LogP contribution in [0.15, 0.2) is 30.3 Å². The molecule has 0 aliphatic rings. The molecule has 0 saturated heterocycles. The molecule has 15 heavy (non-hydrogen) atoms. The predicted octanol–water partition coefficient (Wildman–Crippen LogP) is 3.51. The highest BCUT2D eigenvalue weighted by Crippen LogP contribution is 2.27. The average molecular weight is 213 g/mol. The molecule has 0 saturated carbocycles. The highest BCUT2D eigenvalue weighted by molar-refractivity contribution is 5.18. The minimum absolute atomic E-state index is 0.117. The summed E-state index contributed by atoms with van der Waals surface area (Å²) in [7, 11) is 0. The molecule has 84 valence electrons. The minimum atomic E-state index is -2.58. The first-order chi connectivity index (χ1) is 7.05. The summed E-state index contributed by atoms with van der Waals surface area (Å²) in [6.07, 6.45) is 0.0684. The molecular weight excluding hydrogens is 196 g/mol. The van der Waals surface area contributed by atoms with Crippen molar-refractivity contribution in [2.45, 2.75) is 38.2 Å². The van der Waals surface area contributed by atoms with Crippen LogP contribution in [0.1, 0.15) is 37.8 Å². The Labute approximate surface area is 89.3 Å². The molecule has 3 heteroatoms. The molecule has 1 nitrogen and oxygen atoms in total. The van der Waals surface area contributed by atoms with Gasteiger partial charge < -0.3 is 5.73 Å². The number of hydrogen-bond acceptors (Lipinski definition) is 1. The molecule has 0 aromatic heterocycles. The molecule has 1 aromatic carbocycles. The summed E-state index contributed by atoms with van der Waals surface area (Å²) in [5, 5.41) is 0. The zero-order valence-corrected chi connectivity index (χ0v) is 8.92. The van der Waals surface area contributed by atoms with Crippen molar-refractivity contribution in [3.05, 3.63) is 35.9 Å². The van der Waals surface area contributed by atoms with E-state index >= 15 is 0 Å². The van der Waals surface area contributed by atoms with Crippen LogP contribution in [0.3, 0.4) is 0 Å². The van der Waals surface area contributed by atoms with Gasteiger partial charge in [0.15, 0.2) is 0 Å². The lowest BCUT2D eigenvalue weighted by Crippen LogP contribution is -2.19. The van der Waals surface area contributed by atoms with Crippen molar-refractivity contribution in [2.24, 2.45) is 5.73 Å². The summed E-state index contributed by atoms with van der Waals surface area (Å²) in [5.74, 6) is -2.58. The molecule has 1 rings (SSSR count). The van der Waals surface area contributed by atoms with E-state index in [0.717, 1.165) is 5.56 Å². The van der Waals surface area contributed by atoms with E-state index in [9.17, 15) is 8.78 Å². The molecule has 0 amide bonds. The number of nitrogens with two attached hydrogens (primary N) is 1. The van der Waals surface area contributed by atoms with Crippen LogP contribution >= 0.6 is 0 Å². The van der Waals surface area contributed by atoms with Crippen molar-refractivity contribution in [1.82, 2.24) is 0 Å². The van der Waals surface area contributed by atoms with Gasteiger partial charge in [0.25, 0.3) is 0 Å². The highest BCUT2D eigenvalue weighted by Gasteiger charge is 2.26. The lowest BCUT2D eigenvalue weighted by atomic mass is 10.00. The number of hydrogen-bond donors (Lipinski definition) is 1. The van der Waals surface area contributed by atoms with E-state index in [0.29, 0.717) is 6.42 Å². The third-order valence-corrected chi connectivity index (χ3v) is 2.57. The first-order valence-electron chi connectivity index (χ1n) is 5.23. The van der Waals surface area contributed by atoms with Gasteiger partial charge in [0, 0.05) is 18.9 Å². The molecule has 0 heterocycles. The summed E-state index contributed by atoms with van der Waals surface area (Å²) < 4.78 is 25.9. The second-order valence-corrected chi connectivity index (χ2v) is 3.77. The van der Waals surface area contributed by atoms with Crippen LogP contribution in [-0.2, 0) is 0 Å². The van der Waals surface area contributed by atoms with Crippen molar-refractivity contribution in [3.8, 4) is 0 Å². The Kier molecular flexibility index (Phi) is 4.21. The smallest absolute Gasteiger partial charge is 0.248 e. The average Bonchev–Trinajstić information content (AvgIpc) is 2.27. The number of alkyl halides is 2. The third kappa shape index (κ3) is 3.96. The fourth-order valence-electron chi connectivity index (χ4n) is 1.41. The highest BCUT2D eigenvalue weighted by atomic mass is 19.3. The molecule has 2 N–H and O–H groups in total. The number of halogens is 2. The Morgan fingerprint density at radius 1 is 1.27 bits per heavy atom. The zero-order valence-electron chi connectivity index (χ0n) is 8.92. The maximum Gasteiger partial charge on any atom is 0.248 e. The van der Waals surface area contributed by atoms with Gasteiger partial charge in [0.1, 0.15) is 0 Å². The first-order valence-corrected chi connectivity index (χ1v) is 5.23. The van der Waals surface area contributed by atoms with Crippen molar-refractivity contribution < 1.29 is 8.78 Å². The molecule has 1 aromatic rings. The van der Waals surface area contributed by atoms with Crippen molar-refractivity contribution in [3.63, 3.8) is 0 Å². The van der Waals surface area contributed by atoms with Gasteiger partial charge in [0.05, 0.1) is 0 Å². The van der Waals surface area contributed by atoms with Gasteiger partial charge in [-0.25, -0.2) is 8.78 Å². The monoisotopic (exact) mass is 213 g/mol. The Bertz CT molecular complexity index is 285. The largest absolute Gasteiger partial charge is 0.324 e. The normalized spacial score (nSPS) is 13.9. The second-order valence-electron chi connectivity index (χ2n) is 3.77. The second kappa shape index (κ2) is 5.21. The van der Waals surface area contributed by atoms with E-state index in [1.54, 1.807) is 0 Å². The summed E-state index contributed by atoms with van der Waals surface area (Å²) in [4.78, 5) is 0. The van der Waals surface area contributed by atoms with Crippen molar-refractivity contribution in [1.29, 1.82) is 0 Å². The molecule has 0 aliphatic heterocycles. The molecule has 0 fully saturated rings. The fraction of sp³-hybridized carbons (Fsp3) is 0.500.